The average molecular weight is 464 g/mol. The maximum absolute atomic E-state index is 12.6. The molecule has 1 atom stereocenters. The van der Waals surface area contributed by atoms with Crippen molar-refractivity contribution in [2.45, 2.75) is 32.6 Å². The second kappa shape index (κ2) is 11.8. The summed E-state index contributed by atoms with van der Waals surface area (Å²) < 4.78 is 0. The SMILES string of the molecule is CC(=O)Nc1ccc(CC(=O)Nc2c(CCC(CN)Cc3ccccc3)[nH]c(=O)[nH]c2=O)cc1. The first-order chi connectivity index (χ1) is 16.3. The molecule has 0 saturated heterocycles. The van der Waals surface area contributed by atoms with E-state index in [1.807, 2.05) is 30.3 Å². The Morgan fingerprint density at radius 3 is 2.29 bits per heavy atom. The van der Waals surface area contributed by atoms with Gasteiger partial charge in [0.05, 0.1) is 6.42 Å². The van der Waals surface area contributed by atoms with Crippen molar-refractivity contribution in [2.75, 3.05) is 17.2 Å². The lowest BCUT2D eigenvalue weighted by molar-refractivity contribution is -0.116. The van der Waals surface area contributed by atoms with Crippen molar-refractivity contribution < 1.29 is 9.59 Å². The summed E-state index contributed by atoms with van der Waals surface area (Å²) in [6, 6.07) is 16.8. The first kappa shape index (κ1) is 24.7. The highest BCUT2D eigenvalue weighted by Crippen LogP contribution is 2.17. The number of aryl methyl sites for hydroxylation is 1. The molecule has 0 saturated carbocycles. The topological polar surface area (TPSA) is 150 Å². The van der Waals surface area contributed by atoms with Crippen molar-refractivity contribution in [3.8, 4) is 0 Å². The van der Waals surface area contributed by atoms with Gasteiger partial charge in [0, 0.05) is 18.3 Å². The number of nitrogens with one attached hydrogen (secondary N) is 4. The molecule has 2 aromatic carbocycles. The molecule has 1 heterocycles. The number of anilines is 2. The van der Waals surface area contributed by atoms with Crippen molar-refractivity contribution in [3.05, 3.63) is 92.3 Å². The monoisotopic (exact) mass is 463 g/mol. The molecule has 3 aromatic rings. The summed E-state index contributed by atoms with van der Waals surface area (Å²) in [5.41, 5.74) is 7.58. The Bertz CT molecular complexity index is 1230. The molecule has 178 valence electrons. The molecule has 0 spiro atoms. The quantitative estimate of drug-likeness (QED) is 0.311. The van der Waals surface area contributed by atoms with Crippen LogP contribution < -0.4 is 27.6 Å². The molecule has 0 aliphatic heterocycles. The first-order valence-electron chi connectivity index (χ1n) is 11.1. The molecule has 0 bridgehead atoms. The maximum Gasteiger partial charge on any atom is 0.326 e. The third kappa shape index (κ3) is 7.28. The number of amides is 2. The lowest BCUT2D eigenvalue weighted by Gasteiger charge is -2.16. The highest BCUT2D eigenvalue weighted by atomic mass is 16.2. The van der Waals surface area contributed by atoms with Gasteiger partial charge in [-0.15, -0.1) is 0 Å². The highest BCUT2D eigenvalue weighted by Gasteiger charge is 2.16. The van der Waals surface area contributed by atoms with Gasteiger partial charge in [-0.3, -0.25) is 19.4 Å². The fourth-order valence-corrected chi connectivity index (χ4v) is 3.73. The number of carbonyl (C=O) groups excluding carboxylic acids is 2. The van der Waals surface area contributed by atoms with Gasteiger partial charge in [-0.1, -0.05) is 42.5 Å². The van der Waals surface area contributed by atoms with Gasteiger partial charge >= 0.3 is 5.69 Å². The predicted octanol–water partition coefficient (Wildman–Crippen LogP) is 1.95. The third-order valence-electron chi connectivity index (χ3n) is 5.43. The number of hydrogen-bond donors (Lipinski definition) is 5. The van der Waals surface area contributed by atoms with Crippen LogP contribution in [0.3, 0.4) is 0 Å². The number of carbonyl (C=O) groups is 2. The molecule has 2 amide bonds. The van der Waals surface area contributed by atoms with Crippen LogP contribution in [0.25, 0.3) is 0 Å². The second-order valence-electron chi connectivity index (χ2n) is 8.19. The molecule has 1 aromatic heterocycles. The zero-order chi connectivity index (χ0) is 24.5. The van der Waals surface area contributed by atoms with E-state index >= 15 is 0 Å². The number of nitrogens with two attached hydrogens (primary N) is 1. The largest absolute Gasteiger partial charge is 0.330 e. The zero-order valence-electron chi connectivity index (χ0n) is 19.0. The lowest BCUT2D eigenvalue weighted by Crippen LogP contribution is -2.30. The number of aromatic amines is 2. The van der Waals surface area contributed by atoms with Crippen LogP contribution in [0, 0.1) is 5.92 Å². The number of benzene rings is 2. The molecule has 0 radical (unpaired) electrons. The number of aromatic nitrogens is 2. The zero-order valence-corrected chi connectivity index (χ0v) is 19.0. The van der Waals surface area contributed by atoms with Crippen LogP contribution in [0.1, 0.15) is 30.2 Å². The predicted molar refractivity (Wildman–Crippen MR) is 132 cm³/mol. The van der Waals surface area contributed by atoms with Gasteiger partial charge in [-0.05, 0) is 55.0 Å². The molecule has 0 aliphatic carbocycles. The van der Waals surface area contributed by atoms with Gasteiger partial charge in [-0.2, -0.15) is 0 Å². The minimum Gasteiger partial charge on any atom is -0.330 e. The normalized spacial score (nSPS) is 11.6. The Kier molecular flexibility index (Phi) is 8.53. The summed E-state index contributed by atoms with van der Waals surface area (Å²) in [7, 11) is 0. The van der Waals surface area contributed by atoms with Crippen molar-refractivity contribution in [1.29, 1.82) is 0 Å². The van der Waals surface area contributed by atoms with Crippen LogP contribution in [0.4, 0.5) is 11.4 Å². The summed E-state index contributed by atoms with van der Waals surface area (Å²) in [6.45, 7) is 1.87. The van der Waals surface area contributed by atoms with Crippen LogP contribution in [-0.4, -0.2) is 28.3 Å². The molecular formula is C25H29N5O4. The summed E-state index contributed by atoms with van der Waals surface area (Å²) in [5, 5.41) is 5.30. The van der Waals surface area contributed by atoms with E-state index in [1.165, 1.54) is 6.92 Å². The van der Waals surface area contributed by atoms with Crippen molar-refractivity contribution >= 4 is 23.2 Å². The standard InChI is InChI=1S/C25H29N5O4/c1-16(31)27-20-10-7-18(8-11-20)14-22(32)29-23-21(28-25(34)30-24(23)33)12-9-19(15-26)13-17-5-3-2-4-6-17/h2-8,10-11,19H,9,12-15,26H2,1H3,(H,27,31)(H,29,32)(H2,28,30,33,34). The fraction of sp³-hybridized carbons (Fsp3) is 0.280. The molecule has 34 heavy (non-hydrogen) atoms. The van der Waals surface area contributed by atoms with Crippen LogP contribution in [0.15, 0.2) is 64.2 Å². The summed E-state index contributed by atoms with van der Waals surface area (Å²) >= 11 is 0. The molecule has 3 rings (SSSR count). The number of rotatable bonds is 10. The second-order valence-corrected chi connectivity index (χ2v) is 8.19. The summed E-state index contributed by atoms with van der Waals surface area (Å²) in [6.07, 6.45) is 1.83. The van der Waals surface area contributed by atoms with Crippen LogP contribution in [0.5, 0.6) is 0 Å². The van der Waals surface area contributed by atoms with Gasteiger partial charge in [0.1, 0.15) is 5.69 Å². The molecule has 1 unspecified atom stereocenters. The van der Waals surface area contributed by atoms with Gasteiger partial charge in [0.2, 0.25) is 11.8 Å². The number of H-pyrrole nitrogens is 2. The molecule has 0 fully saturated rings. The Hall–Kier alpha value is -3.98. The van der Waals surface area contributed by atoms with Crippen LogP contribution in [-0.2, 0) is 28.9 Å². The van der Waals surface area contributed by atoms with Crippen LogP contribution in [0.2, 0.25) is 0 Å². The van der Waals surface area contributed by atoms with Gasteiger partial charge in [0.15, 0.2) is 0 Å². The van der Waals surface area contributed by atoms with Gasteiger partial charge in [0.25, 0.3) is 5.56 Å². The minimum atomic E-state index is -0.652. The first-order valence-corrected chi connectivity index (χ1v) is 11.1. The maximum atomic E-state index is 12.6. The Morgan fingerprint density at radius 1 is 0.941 bits per heavy atom. The van der Waals surface area contributed by atoms with E-state index in [0.717, 1.165) is 12.0 Å². The van der Waals surface area contributed by atoms with E-state index in [1.54, 1.807) is 24.3 Å². The van der Waals surface area contributed by atoms with E-state index in [0.29, 0.717) is 36.3 Å². The van der Waals surface area contributed by atoms with Crippen LogP contribution >= 0.6 is 0 Å². The van der Waals surface area contributed by atoms with E-state index in [4.69, 9.17) is 5.73 Å². The van der Waals surface area contributed by atoms with E-state index in [2.05, 4.69) is 20.6 Å². The molecule has 9 heteroatoms. The summed E-state index contributed by atoms with van der Waals surface area (Å²) in [5.74, 6) is -0.433. The van der Waals surface area contributed by atoms with E-state index in [-0.39, 0.29) is 23.9 Å². The lowest BCUT2D eigenvalue weighted by atomic mass is 9.94. The number of hydrogen-bond acceptors (Lipinski definition) is 5. The minimum absolute atomic E-state index is 0.0256. The molecule has 6 N–H and O–H groups in total. The van der Waals surface area contributed by atoms with E-state index < -0.39 is 17.2 Å². The molecule has 9 nitrogen and oxygen atoms in total. The molecule has 0 aliphatic rings. The van der Waals surface area contributed by atoms with Gasteiger partial charge < -0.3 is 21.4 Å². The Morgan fingerprint density at radius 2 is 1.65 bits per heavy atom. The van der Waals surface area contributed by atoms with Crippen molar-refractivity contribution in [2.24, 2.45) is 11.7 Å². The van der Waals surface area contributed by atoms with E-state index in [9.17, 15) is 19.2 Å². The third-order valence-corrected chi connectivity index (χ3v) is 5.43. The average Bonchev–Trinajstić information content (AvgIpc) is 2.80. The van der Waals surface area contributed by atoms with Gasteiger partial charge in [-0.25, -0.2) is 4.79 Å². The smallest absolute Gasteiger partial charge is 0.326 e. The Labute approximate surface area is 196 Å². The highest BCUT2D eigenvalue weighted by molar-refractivity contribution is 5.93. The summed E-state index contributed by atoms with van der Waals surface area (Å²) in [4.78, 5) is 52.9. The fourth-order valence-electron chi connectivity index (χ4n) is 3.73. The Balaban J connectivity index is 1.68. The van der Waals surface area contributed by atoms with Crippen molar-refractivity contribution in [3.63, 3.8) is 0 Å². The molecular weight excluding hydrogens is 434 g/mol. The van der Waals surface area contributed by atoms with Crippen molar-refractivity contribution in [1.82, 2.24) is 9.97 Å².